The zero-order valence-corrected chi connectivity index (χ0v) is 18.1. The smallest absolute Gasteiger partial charge is 0.408 e. The van der Waals surface area contributed by atoms with E-state index >= 15 is 0 Å². The van der Waals surface area contributed by atoms with Crippen LogP contribution in [0.4, 0.5) is 9.18 Å². The van der Waals surface area contributed by atoms with Gasteiger partial charge in [0.2, 0.25) is 6.10 Å². The van der Waals surface area contributed by atoms with Crippen LogP contribution in [0.3, 0.4) is 0 Å². The van der Waals surface area contributed by atoms with Crippen molar-refractivity contribution in [2.24, 2.45) is 0 Å². The number of rotatable bonds is 18. The number of carboxylic acids is 3. The van der Waals surface area contributed by atoms with Gasteiger partial charge in [0.15, 0.2) is 0 Å². The van der Waals surface area contributed by atoms with Crippen molar-refractivity contribution in [2.75, 3.05) is 19.8 Å². The number of alkyl halides is 1. The lowest BCUT2D eigenvalue weighted by Gasteiger charge is -2.17. The van der Waals surface area contributed by atoms with Crippen molar-refractivity contribution in [3.63, 3.8) is 0 Å². The predicted octanol–water partition coefficient (Wildman–Crippen LogP) is 0.438. The average Bonchev–Trinajstić information content (AvgIpc) is 3.19. The van der Waals surface area contributed by atoms with Crippen LogP contribution in [0.25, 0.3) is 0 Å². The summed E-state index contributed by atoms with van der Waals surface area (Å²) in [5.41, 5.74) is 0.778. The highest BCUT2D eigenvalue weighted by atomic mass is 19.1. The largest absolute Gasteiger partial charge is 0.481 e. The molecular formula is C19H30FN5O8. The normalized spacial score (nSPS) is 12.6. The van der Waals surface area contributed by atoms with Gasteiger partial charge in [0.05, 0.1) is 12.2 Å². The number of carboxylic acid groups (broad SMARTS) is 3. The summed E-state index contributed by atoms with van der Waals surface area (Å²) in [6.45, 7) is 1.01. The third-order valence-corrected chi connectivity index (χ3v) is 4.52. The number of unbranched alkanes of at least 4 members (excludes halogenated alkanes) is 1. The number of aryl methyl sites for hydroxylation is 2. The number of carbonyl (C=O) groups is 4. The molecule has 1 amide bonds. The van der Waals surface area contributed by atoms with E-state index < -0.39 is 55.7 Å². The lowest BCUT2D eigenvalue weighted by atomic mass is 10.1. The van der Waals surface area contributed by atoms with Gasteiger partial charge in [-0.25, -0.2) is 23.5 Å². The number of amides is 1. The quantitative estimate of drug-likeness (QED) is 0.185. The number of nitrogens with one attached hydrogen (secondary N) is 2. The van der Waals surface area contributed by atoms with Crippen molar-refractivity contribution in [2.45, 2.75) is 63.6 Å². The van der Waals surface area contributed by atoms with Crippen LogP contribution in [0.5, 0.6) is 0 Å². The minimum atomic E-state index is -1.69. The molecule has 0 aliphatic heterocycles. The van der Waals surface area contributed by atoms with Crippen LogP contribution in [-0.4, -0.2) is 86.2 Å². The molecule has 0 radical (unpaired) electrons. The molecule has 0 aromatic carbocycles. The molecule has 0 unspecified atom stereocenters. The Balaban J connectivity index is 2.23. The maximum absolute atomic E-state index is 12.2. The fourth-order valence-corrected chi connectivity index (χ4v) is 2.82. The first-order valence-corrected chi connectivity index (χ1v) is 10.5. The number of ether oxygens (including phenoxy) is 1. The van der Waals surface area contributed by atoms with E-state index in [0.717, 1.165) is 12.1 Å². The van der Waals surface area contributed by atoms with Gasteiger partial charge < -0.3 is 30.7 Å². The SMILES string of the molecule is O=C(O)CC[C@H](OC(=O)N[C@@H](CCCCNCCCc1cn(CCF)nn1)C(=O)O)C(=O)O. The number of halogens is 1. The highest BCUT2D eigenvalue weighted by Crippen LogP contribution is 2.06. The van der Waals surface area contributed by atoms with Crippen LogP contribution in [0.2, 0.25) is 0 Å². The van der Waals surface area contributed by atoms with Gasteiger partial charge in [-0.3, -0.25) is 4.79 Å². The third kappa shape index (κ3) is 12.4. The molecular weight excluding hydrogens is 445 g/mol. The Morgan fingerprint density at radius 3 is 2.42 bits per heavy atom. The Morgan fingerprint density at radius 2 is 1.79 bits per heavy atom. The second kappa shape index (κ2) is 15.5. The number of hydrogen-bond donors (Lipinski definition) is 5. The maximum atomic E-state index is 12.2. The van der Waals surface area contributed by atoms with Gasteiger partial charge in [0.25, 0.3) is 0 Å². The topological polar surface area (TPSA) is 193 Å². The van der Waals surface area contributed by atoms with Crippen LogP contribution in [0, 0.1) is 0 Å². The van der Waals surface area contributed by atoms with Gasteiger partial charge in [-0.05, 0) is 45.2 Å². The monoisotopic (exact) mass is 475 g/mol. The number of nitrogens with zero attached hydrogens (tertiary/aromatic N) is 3. The fourth-order valence-electron chi connectivity index (χ4n) is 2.82. The first-order chi connectivity index (χ1) is 15.7. The third-order valence-electron chi connectivity index (χ3n) is 4.52. The number of hydrogen-bond acceptors (Lipinski definition) is 8. The Bertz CT molecular complexity index is 775. The van der Waals surface area contributed by atoms with Crippen molar-refractivity contribution in [3.8, 4) is 0 Å². The molecule has 5 N–H and O–H groups in total. The molecule has 0 fully saturated rings. The molecule has 0 spiro atoms. The summed E-state index contributed by atoms with van der Waals surface area (Å²) in [5, 5.41) is 39.9. The summed E-state index contributed by atoms with van der Waals surface area (Å²) in [7, 11) is 0. The van der Waals surface area contributed by atoms with E-state index in [9.17, 15) is 28.7 Å². The van der Waals surface area contributed by atoms with Crippen LogP contribution in [-0.2, 0) is 32.1 Å². The summed E-state index contributed by atoms with van der Waals surface area (Å²) in [6, 6.07) is -1.27. The van der Waals surface area contributed by atoms with Gasteiger partial charge in [0.1, 0.15) is 12.7 Å². The molecule has 0 aliphatic rings. The first kappa shape index (κ1) is 27.7. The standard InChI is InChI=1S/C19H30FN5O8/c20-8-11-25-12-13(23-24-25)4-3-10-21-9-2-1-5-14(17(28)29)22-19(32)33-15(18(30)31)6-7-16(26)27/h12,14-15,21H,1-11H2,(H,22,32)(H,26,27)(H,28,29)(H,30,31)/t14-,15-/m0/s1. The molecule has 0 saturated carbocycles. The second-order valence-electron chi connectivity index (χ2n) is 7.21. The van der Waals surface area contributed by atoms with Crippen LogP contribution < -0.4 is 10.6 Å². The highest BCUT2D eigenvalue weighted by Gasteiger charge is 2.26. The molecule has 14 heteroatoms. The number of aliphatic carboxylic acids is 3. The van der Waals surface area contributed by atoms with E-state index in [1.165, 1.54) is 4.68 Å². The van der Waals surface area contributed by atoms with E-state index in [1.54, 1.807) is 6.20 Å². The van der Waals surface area contributed by atoms with E-state index in [-0.39, 0.29) is 13.0 Å². The van der Waals surface area contributed by atoms with Crippen molar-refractivity contribution in [1.29, 1.82) is 0 Å². The van der Waals surface area contributed by atoms with E-state index in [1.807, 2.05) is 0 Å². The van der Waals surface area contributed by atoms with Gasteiger partial charge in [-0.1, -0.05) is 5.21 Å². The van der Waals surface area contributed by atoms with Crippen LogP contribution in [0.15, 0.2) is 6.20 Å². The minimum Gasteiger partial charge on any atom is -0.481 e. The maximum Gasteiger partial charge on any atom is 0.408 e. The molecule has 0 aliphatic carbocycles. The lowest BCUT2D eigenvalue weighted by Crippen LogP contribution is -2.43. The molecule has 0 saturated heterocycles. The first-order valence-electron chi connectivity index (χ1n) is 10.5. The average molecular weight is 475 g/mol. The number of carbonyl (C=O) groups excluding carboxylic acids is 1. The molecule has 0 bridgehead atoms. The Hall–Kier alpha value is -3.29. The molecule has 33 heavy (non-hydrogen) atoms. The van der Waals surface area contributed by atoms with Crippen LogP contribution >= 0.6 is 0 Å². The summed E-state index contributed by atoms with van der Waals surface area (Å²) in [5.74, 6) is -4.06. The van der Waals surface area contributed by atoms with Crippen LogP contribution in [0.1, 0.15) is 44.2 Å². The van der Waals surface area contributed by atoms with E-state index in [0.29, 0.717) is 32.4 Å². The second-order valence-corrected chi connectivity index (χ2v) is 7.21. The van der Waals surface area contributed by atoms with Crippen molar-refractivity contribution < 1.29 is 43.6 Å². The Kier molecular flexibility index (Phi) is 13.0. The number of aromatic nitrogens is 3. The van der Waals surface area contributed by atoms with Gasteiger partial charge >= 0.3 is 24.0 Å². The number of alkyl carbamates (subject to hydrolysis) is 1. The highest BCUT2D eigenvalue weighted by molar-refractivity contribution is 5.82. The molecule has 2 atom stereocenters. The molecule has 186 valence electrons. The zero-order valence-electron chi connectivity index (χ0n) is 18.1. The summed E-state index contributed by atoms with van der Waals surface area (Å²) < 4.78 is 18.3. The summed E-state index contributed by atoms with van der Waals surface area (Å²) >= 11 is 0. The van der Waals surface area contributed by atoms with Gasteiger partial charge in [-0.15, -0.1) is 5.10 Å². The minimum absolute atomic E-state index is 0.108. The Labute approximate surface area is 189 Å². The van der Waals surface area contributed by atoms with Gasteiger partial charge in [-0.2, -0.15) is 0 Å². The van der Waals surface area contributed by atoms with Crippen molar-refractivity contribution in [1.82, 2.24) is 25.6 Å². The fraction of sp³-hybridized carbons (Fsp3) is 0.684. The molecule has 13 nitrogen and oxygen atoms in total. The molecule has 1 heterocycles. The summed E-state index contributed by atoms with van der Waals surface area (Å²) in [6.07, 6.45) is 0.547. The van der Waals surface area contributed by atoms with E-state index in [4.69, 9.17) is 10.2 Å². The lowest BCUT2D eigenvalue weighted by molar-refractivity contribution is -0.148. The van der Waals surface area contributed by atoms with Crippen molar-refractivity contribution >= 4 is 24.0 Å². The Morgan fingerprint density at radius 1 is 1.06 bits per heavy atom. The molecule has 1 aromatic rings. The van der Waals surface area contributed by atoms with E-state index in [2.05, 4.69) is 25.7 Å². The van der Waals surface area contributed by atoms with Gasteiger partial charge in [0, 0.05) is 19.0 Å². The predicted molar refractivity (Wildman–Crippen MR) is 110 cm³/mol. The zero-order chi connectivity index (χ0) is 24.6. The summed E-state index contributed by atoms with van der Waals surface area (Å²) in [4.78, 5) is 44.8. The molecule has 1 aromatic heterocycles. The molecule has 1 rings (SSSR count). The van der Waals surface area contributed by atoms with Crippen molar-refractivity contribution in [3.05, 3.63) is 11.9 Å².